The number of nitrogens with zero attached hydrogens (tertiary/aromatic N) is 1. The Morgan fingerprint density at radius 3 is 2.31 bits per heavy atom. The number of carbonyl (C=O) groups is 1. The van der Waals surface area contributed by atoms with E-state index in [4.69, 9.17) is 9.84 Å². The summed E-state index contributed by atoms with van der Waals surface area (Å²) in [6, 6.07) is 21.9. The topological polar surface area (TPSA) is 70.0 Å². The highest BCUT2D eigenvalue weighted by molar-refractivity contribution is 5.67. The highest BCUT2D eigenvalue weighted by atomic mass is 16.5. The van der Waals surface area contributed by atoms with Gasteiger partial charge >= 0.3 is 5.97 Å². The number of aromatic hydroxyl groups is 1. The van der Waals surface area contributed by atoms with Gasteiger partial charge in [0.05, 0.1) is 0 Å². The maximum absolute atomic E-state index is 10.7. The third kappa shape index (κ3) is 6.11. The molecule has 3 aromatic rings. The number of ether oxygens (including phenoxy) is 1. The van der Waals surface area contributed by atoms with Crippen LogP contribution in [0.3, 0.4) is 0 Å². The zero-order valence-corrected chi connectivity index (χ0v) is 18.2. The van der Waals surface area contributed by atoms with Crippen LogP contribution in [0.1, 0.15) is 34.2 Å². The molecule has 0 aliphatic carbocycles. The number of phenolic OH excluding ortho intramolecular Hbond substituents is 1. The highest BCUT2D eigenvalue weighted by Gasteiger charge is 2.16. The molecular weight excluding hydrogens is 402 g/mol. The standard InChI is InChI=1S/C27H29NO4/c29-25-9-8-24-18-28(16-14-23(24)17-25)15-13-21-1-3-22(4-2-21)19-32-26-10-5-20(6-11-26)7-12-27(30)31/h1-6,8-11,17,29H,7,12-16,18-19H2,(H,30,31). The number of benzene rings is 3. The van der Waals surface area contributed by atoms with Crippen molar-refractivity contribution < 1.29 is 19.7 Å². The molecule has 5 nitrogen and oxygen atoms in total. The Kier molecular flexibility index (Phi) is 7.07. The van der Waals surface area contributed by atoms with E-state index in [1.54, 1.807) is 6.07 Å². The molecule has 0 fully saturated rings. The number of aryl methyl sites for hydroxylation is 1. The average molecular weight is 432 g/mol. The number of rotatable bonds is 9. The molecule has 1 aliphatic heterocycles. The van der Waals surface area contributed by atoms with Gasteiger partial charge in [-0.25, -0.2) is 0 Å². The molecule has 0 saturated carbocycles. The van der Waals surface area contributed by atoms with E-state index in [0.29, 0.717) is 18.8 Å². The van der Waals surface area contributed by atoms with Gasteiger partial charge in [-0.1, -0.05) is 42.5 Å². The second-order valence-corrected chi connectivity index (χ2v) is 8.37. The van der Waals surface area contributed by atoms with Gasteiger partial charge in [0.25, 0.3) is 0 Å². The minimum absolute atomic E-state index is 0.141. The van der Waals surface area contributed by atoms with Crippen molar-refractivity contribution in [2.75, 3.05) is 13.1 Å². The van der Waals surface area contributed by atoms with Crippen LogP contribution in [0.25, 0.3) is 0 Å². The maximum atomic E-state index is 10.7. The number of aliphatic carboxylic acids is 1. The van der Waals surface area contributed by atoms with Crippen molar-refractivity contribution in [2.45, 2.75) is 38.8 Å². The SMILES string of the molecule is O=C(O)CCc1ccc(OCc2ccc(CCN3CCc4cc(O)ccc4C3)cc2)cc1. The fourth-order valence-electron chi connectivity index (χ4n) is 4.05. The average Bonchev–Trinajstić information content (AvgIpc) is 2.81. The first-order chi connectivity index (χ1) is 15.5. The van der Waals surface area contributed by atoms with Gasteiger partial charge in [-0.05, 0) is 71.3 Å². The lowest BCUT2D eigenvalue weighted by Gasteiger charge is -2.28. The molecule has 3 aromatic carbocycles. The molecule has 0 radical (unpaired) electrons. The van der Waals surface area contributed by atoms with E-state index >= 15 is 0 Å². The third-order valence-electron chi connectivity index (χ3n) is 5.98. The molecule has 5 heteroatoms. The number of carboxylic acid groups (broad SMARTS) is 1. The molecule has 0 unspecified atom stereocenters. The Labute approximate surface area is 188 Å². The van der Waals surface area contributed by atoms with Gasteiger partial charge in [0.1, 0.15) is 18.1 Å². The monoisotopic (exact) mass is 431 g/mol. The number of hydrogen-bond acceptors (Lipinski definition) is 4. The minimum atomic E-state index is -0.781. The lowest BCUT2D eigenvalue weighted by atomic mass is 9.99. The lowest BCUT2D eigenvalue weighted by Crippen LogP contribution is -2.32. The number of hydrogen-bond donors (Lipinski definition) is 2. The van der Waals surface area contributed by atoms with Crippen LogP contribution in [0, 0.1) is 0 Å². The van der Waals surface area contributed by atoms with E-state index < -0.39 is 5.97 Å². The first-order valence-electron chi connectivity index (χ1n) is 11.1. The Morgan fingerprint density at radius 2 is 1.56 bits per heavy atom. The summed E-state index contributed by atoms with van der Waals surface area (Å²) < 4.78 is 5.87. The Balaban J connectivity index is 1.22. The predicted molar refractivity (Wildman–Crippen MR) is 124 cm³/mol. The van der Waals surface area contributed by atoms with E-state index in [1.165, 1.54) is 16.7 Å². The normalized spacial score (nSPS) is 13.5. The van der Waals surface area contributed by atoms with Crippen LogP contribution >= 0.6 is 0 Å². The van der Waals surface area contributed by atoms with Crippen LogP contribution in [0.4, 0.5) is 0 Å². The van der Waals surface area contributed by atoms with Gasteiger partial charge < -0.3 is 14.9 Å². The van der Waals surface area contributed by atoms with E-state index in [1.807, 2.05) is 36.4 Å². The molecule has 32 heavy (non-hydrogen) atoms. The van der Waals surface area contributed by atoms with Crippen molar-refractivity contribution >= 4 is 5.97 Å². The summed E-state index contributed by atoms with van der Waals surface area (Å²) in [5, 5.41) is 18.4. The fourth-order valence-corrected chi connectivity index (χ4v) is 4.05. The fraction of sp³-hybridized carbons (Fsp3) is 0.296. The first-order valence-corrected chi connectivity index (χ1v) is 11.1. The molecule has 0 bridgehead atoms. The van der Waals surface area contributed by atoms with Crippen molar-refractivity contribution in [3.05, 3.63) is 94.5 Å². The minimum Gasteiger partial charge on any atom is -0.508 e. The van der Waals surface area contributed by atoms with E-state index in [2.05, 4.69) is 29.2 Å². The molecule has 166 valence electrons. The summed E-state index contributed by atoms with van der Waals surface area (Å²) >= 11 is 0. The van der Waals surface area contributed by atoms with Gasteiger partial charge in [0.15, 0.2) is 0 Å². The van der Waals surface area contributed by atoms with E-state index in [9.17, 15) is 9.90 Å². The Hall–Kier alpha value is -3.31. The second kappa shape index (κ2) is 10.3. The predicted octanol–water partition coefficient (Wildman–Crippen LogP) is 4.59. The summed E-state index contributed by atoms with van der Waals surface area (Å²) in [6.45, 7) is 3.49. The zero-order valence-electron chi connectivity index (χ0n) is 18.2. The Morgan fingerprint density at radius 1 is 0.875 bits per heavy atom. The van der Waals surface area contributed by atoms with E-state index in [-0.39, 0.29) is 6.42 Å². The maximum Gasteiger partial charge on any atom is 0.303 e. The molecule has 0 spiro atoms. The van der Waals surface area contributed by atoms with Crippen LogP contribution in [0.2, 0.25) is 0 Å². The third-order valence-corrected chi connectivity index (χ3v) is 5.98. The van der Waals surface area contributed by atoms with Crippen molar-refractivity contribution in [1.29, 1.82) is 0 Å². The summed E-state index contributed by atoms with van der Waals surface area (Å²) in [6.07, 6.45) is 2.67. The molecule has 0 aromatic heterocycles. The van der Waals surface area contributed by atoms with Gasteiger partial charge in [-0.3, -0.25) is 9.69 Å². The Bertz CT molecular complexity index is 1040. The molecule has 4 rings (SSSR count). The van der Waals surface area contributed by atoms with Gasteiger partial charge in [-0.15, -0.1) is 0 Å². The van der Waals surface area contributed by atoms with Crippen LogP contribution in [0.5, 0.6) is 11.5 Å². The van der Waals surface area contributed by atoms with Crippen LogP contribution < -0.4 is 4.74 Å². The zero-order chi connectivity index (χ0) is 22.3. The molecule has 0 saturated heterocycles. The summed E-state index contributed by atoms with van der Waals surface area (Å²) in [5.74, 6) is 0.358. The smallest absolute Gasteiger partial charge is 0.303 e. The van der Waals surface area contributed by atoms with Crippen molar-refractivity contribution in [2.24, 2.45) is 0 Å². The molecule has 2 N–H and O–H groups in total. The molecular formula is C27H29NO4. The van der Waals surface area contributed by atoms with Crippen LogP contribution in [0.15, 0.2) is 66.7 Å². The van der Waals surface area contributed by atoms with Crippen LogP contribution in [-0.2, 0) is 37.2 Å². The molecule has 1 heterocycles. The number of phenols is 1. The number of fused-ring (bicyclic) bond motifs is 1. The summed E-state index contributed by atoms with van der Waals surface area (Å²) in [7, 11) is 0. The summed E-state index contributed by atoms with van der Waals surface area (Å²) in [4.78, 5) is 13.1. The van der Waals surface area contributed by atoms with Crippen molar-refractivity contribution in [3.8, 4) is 11.5 Å². The molecule has 1 aliphatic rings. The largest absolute Gasteiger partial charge is 0.508 e. The highest BCUT2D eigenvalue weighted by Crippen LogP contribution is 2.23. The lowest BCUT2D eigenvalue weighted by molar-refractivity contribution is -0.136. The first kappa shape index (κ1) is 21.9. The molecule has 0 atom stereocenters. The second-order valence-electron chi connectivity index (χ2n) is 8.37. The van der Waals surface area contributed by atoms with E-state index in [0.717, 1.165) is 49.4 Å². The van der Waals surface area contributed by atoms with Gasteiger partial charge in [0.2, 0.25) is 0 Å². The van der Waals surface area contributed by atoms with Gasteiger partial charge in [-0.2, -0.15) is 0 Å². The molecule has 0 amide bonds. The van der Waals surface area contributed by atoms with Gasteiger partial charge in [0, 0.05) is 26.1 Å². The quantitative estimate of drug-likeness (QED) is 0.519. The van der Waals surface area contributed by atoms with Crippen molar-refractivity contribution in [1.82, 2.24) is 4.90 Å². The number of carboxylic acids is 1. The van der Waals surface area contributed by atoms with Crippen molar-refractivity contribution in [3.63, 3.8) is 0 Å². The van der Waals surface area contributed by atoms with Crippen LogP contribution in [-0.4, -0.2) is 34.2 Å². The summed E-state index contributed by atoms with van der Waals surface area (Å²) in [5.41, 5.74) is 6.01.